The smallest absolute Gasteiger partial charge is 0.274 e. The lowest BCUT2D eigenvalue weighted by Crippen LogP contribution is -2.24. The van der Waals surface area contributed by atoms with Gasteiger partial charge in [-0.15, -0.1) is 5.92 Å². The van der Waals surface area contributed by atoms with Crippen LogP contribution >= 0.6 is 0 Å². The molecule has 16 heavy (non-hydrogen) atoms. The van der Waals surface area contributed by atoms with E-state index in [4.69, 9.17) is 5.73 Å². The summed E-state index contributed by atoms with van der Waals surface area (Å²) in [7, 11) is 0. The van der Waals surface area contributed by atoms with Crippen molar-refractivity contribution in [3.63, 3.8) is 0 Å². The summed E-state index contributed by atoms with van der Waals surface area (Å²) in [5, 5.41) is 9.42. The largest absolute Gasteiger partial charge is 0.395 e. The van der Waals surface area contributed by atoms with E-state index in [1.807, 2.05) is 0 Å². The van der Waals surface area contributed by atoms with E-state index in [1.165, 1.54) is 0 Å². The highest BCUT2D eigenvalue weighted by Crippen LogP contribution is 2.42. The fourth-order valence-electron chi connectivity index (χ4n) is 1.52. The van der Waals surface area contributed by atoms with Gasteiger partial charge in [0, 0.05) is 5.92 Å². The number of rotatable bonds is 3. The fourth-order valence-corrected chi connectivity index (χ4v) is 1.52. The normalized spacial score (nSPS) is 14.1. The summed E-state index contributed by atoms with van der Waals surface area (Å²) in [6.07, 6.45) is 2.24. The lowest BCUT2D eigenvalue weighted by atomic mass is 10.2. The van der Waals surface area contributed by atoms with E-state index in [9.17, 15) is 4.79 Å². The zero-order valence-electron chi connectivity index (χ0n) is 9.13. The molecule has 5 heteroatoms. The number of hydrogen-bond donors (Lipinski definition) is 3. The zero-order valence-corrected chi connectivity index (χ0v) is 9.13. The van der Waals surface area contributed by atoms with Crippen LogP contribution in [0, 0.1) is 11.8 Å². The van der Waals surface area contributed by atoms with Crippen molar-refractivity contribution in [1.82, 2.24) is 15.5 Å². The molecule has 0 atom stereocenters. The summed E-state index contributed by atoms with van der Waals surface area (Å²) in [6, 6.07) is 0. The van der Waals surface area contributed by atoms with Gasteiger partial charge in [-0.2, -0.15) is 5.10 Å². The molecule has 0 unspecified atom stereocenters. The predicted molar refractivity (Wildman–Crippen MR) is 60.8 cm³/mol. The van der Waals surface area contributed by atoms with Gasteiger partial charge >= 0.3 is 0 Å². The monoisotopic (exact) mass is 218 g/mol. The molecule has 0 radical (unpaired) electrons. The Morgan fingerprint density at radius 1 is 1.69 bits per heavy atom. The Hall–Kier alpha value is -1.96. The number of nitrogens with zero attached hydrogens (tertiary/aromatic N) is 1. The van der Waals surface area contributed by atoms with Crippen LogP contribution in [0.3, 0.4) is 0 Å². The van der Waals surface area contributed by atoms with Crippen molar-refractivity contribution in [3.05, 3.63) is 11.4 Å². The molecule has 0 bridgehead atoms. The van der Waals surface area contributed by atoms with Gasteiger partial charge in [-0.3, -0.25) is 9.89 Å². The molecule has 0 spiro atoms. The molecule has 2 rings (SSSR count). The summed E-state index contributed by atoms with van der Waals surface area (Å²) in [5.74, 6) is 5.64. The van der Waals surface area contributed by atoms with E-state index in [0.717, 1.165) is 18.5 Å². The quantitative estimate of drug-likeness (QED) is 0.650. The number of nitrogens with one attached hydrogen (secondary N) is 2. The molecule has 1 aliphatic carbocycles. The average molecular weight is 218 g/mol. The number of carbonyl (C=O) groups excluding carboxylic acids is 1. The first-order valence-corrected chi connectivity index (χ1v) is 5.25. The molecule has 1 saturated carbocycles. The van der Waals surface area contributed by atoms with Crippen LogP contribution in [0.2, 0.25) is 0 Å². The summed E-state index contributed by atoms with van der Waals surface area (Å²) >= 11 is 0. The van der Waals surface area contributed by atoms with Gasteiger partial charge in [0.2, 0.25) is 0 Å². The van der Waals surface area contributed by atoms with E-state index < -0.39 is 0 Å². The highest BCUT2D eigenvalue weighted by atomic mass is 16.1. The molecule has 0 aliphatic heterocycles. The van der Waals surface area contributed by atoms with Crippen molar-refractivity contribution < 1.29 is 4.79 Å². The Morgan fingerprint density at radius 3 is 3.06 bits per heavy atom. The maximum absolute atomic E-state index is 11.7. The minimum atomic E-state index is -0.275. The average Bonchev–Trinajstić information content (AvgIpc) is 3.03. The first-order chi connectivity index (χ1) is 7.74. The molecular weight excluding hydrogens is 204 g/mol. The van der Waals surface area contributed by atoms with E-state index in [2.05, 4.69) is 27.4 Å². The van der Waals surface area contributed by atoms with Crippen molar-refractivity contribution in [3.8, 4) is 11.8 Å². The third-order valence-corrected chi connectivity index (χ3v) is 2.55. The van der Waals surface area contributed by atoms with E-state index in [-0.39, 0.29) is 11.6 Å². The highest BCUT2D eigenvalue weighted by molar-refractivity contribution is 5.97. The topological polar surface area (TPSA) is 83.8 Å². The van der Waals surface area contributed by atoms with Gasteiger partial charge < -0.3 is 11.1 Å². The minimum absolute atomic E-state index is 0.275. The van der Waals surface area contributed by atoms with Crippen molar-refractivity contribution in [2.24, 2.45) is 0 Å². The van der Waals surface area contributed by atoms with Gasteiger partial charge in [0.1, 0.15) is 0 Å². The van der Waals surface area contributed by atoms with Crippen LogP contribution < -0.4 is 11.1 Å². The number of H-pyrrole nitrogens is 1. The Balaban J connectivity index is 2.07. The number of anilines is 1. The van der Waals surface area contributed by atoms with Crippen LogP contribution in [0.5, 0.6) is 0 Å². The van der Waals surface area contributed by atoms with Crippen LogP contribution in [-0.4, -0.2) is 22.6 Å². The van der Waals surface area contributed by atoms with Crippen molar-refractivity contribution >= 4 is 11.6 Å². The third kappa shape index (κ3) is 2.01. The number of aromatic nitrogens is 2. The molecule has 1 aliphatic rings. The lowest BCUT2D eigenvalue weighted by Gasteiger charge is -1.99. The first kappa shape index (κ1) is 10.6. The standard InChI is InChI=1S/C11H14N4O/c1-2-3-6-13-11(16)10-8(12)9(14-15-10)7-4-5-7/h7H,4-6,12H2,1H3,(H,13,16)(H,14,15). The molecule has 4 N–H and O–H groups in total. The molecule has 1 heterocycles. The summed E-state index contributed by atoms with van der Waals surface area (Å²) < 4.78 is 0. The Kier molecular flexibility index (Phi) is 2.82. The third-order valence-electron chi connectivity index (χ3n) is 2.55. The maximum Gasteiger partial charge on any atom is 0.274 e. The van der Waals surface area contributed by atoms with Crippen LogP contribution in [0.25, 0.3) is 0 Å². The van der Waals surface area contributed by atoms with E-state index in [0.29, 0.717) is 18.2 Å². The van der Waals surface area contributed by atoms with Crippen LogP contribution in [-0.2, 0) is 0 Å². The van der Waals surface area contributed by atoms with Crippen LogP contribution in [0.4, 0.5) is 5.69 Å². The first-order valence-electron chi connectivity index (χ1n) is 5.25. The maximum atomic E-state index is 11.7. The highest BCUT2D eigenvalue weighted by Gasteiger charge is 2.30. The summed E-state index contributed by atoms with van der Waals surface area (Å²) in [4.78, 5) is 11.7. The van der Waals surface area contributed by atoms with Gasteiger partial charge in [0.25, 0.3) is 5.91 Å². The van der Waals surface area contributed by atoms with Gasteiger partial charge in [-0.25, -0.2) is 0 Å². The SMILES string of the molecule is CC#CCNC(=O)c1n[nH]c(C2CC2)c1N. The Morgan fingerprint density at radius 2 is 2.44 bits per heavy atom. The molecule has 1 fully saturated rings. The van der Waals surface area contributed by atoms with E-state index >= 15 is 0 Å². The van der Waals surface area contributed by atoms with E-state index in [1.54, 1.807) is 6.92 Å². The number of nitrogens with two attached hydrogens (primary N) is 1. The second-order valence-corrected chi connectivity index (χ2v) is 3.78. The molecule has 0 aromatic carbocycles. The van der Waals surface area contributed by atoms with Crippen molar-refractivity contribution in [2.45, 2.75) is 25.7 Å². The summed E-state index contributed by atoms with van der Waals surface area (Å²) in [5.41, 5.74) is 7.51. The molecule has 1 amide bonds. The molecule has 5 nitrogen and oxygen atoms in total. The molecule has 0 saturated heterocycles. The second-order valence-electron chi connectivity index (χ2n) is 3.78. The number of nitrogen functional groups attached to an aromatic ring is 1. The number of aromatic amines is 1. The zero-order chi connectivity index (χ0) is 11.5. The van der Waals surface area contributed by atoms with Gasteiger partial charge in [0.05, 0.1) is 17.9 Å². The molecule has 1 aromatic rings. The minimum Gasteiger partial charge on any atom is -0.395 e. The number of carbonyl (C=O) groups is 1. The second kappa shape index (κ2) is 4.27. The molecular formula is C11H14N4O. The van der Waals surface area contributed by atoms with Crippen molar-refractivity contribution in [2.75, 3.05) is 12.3 Å². The van der Waals surface area contributed by atoms with Crippen molar-refractivity contribution in [1.29, 1.82) is 0 Å². The number of amides is 1. The fraction of sp³-hybridized carbons (Fsp3) is 0.455. The molecule has 84 valence electrons. The predicted octanol–water partition coefficient (Wildman–Crippen LogP) is 0.622. The summed E-state index contributed by atoms with van der Waals surface area (Å²) in [6.45, 7) is 2.04. The Labute approximate surface area is 93.8 Å². The molecule has 1 aromatic heterocycles. The van der Waals surface area contributed by atoms with Crippen LogP contribution in [0.1, 0.15) is 41.9 Å². The Bertz CT molecular complexity index is 462. The van der Waals surface area contributed by atoms with Gasteiger partial charge in [-0.1, -0.05) is 5.92 Å². The van der Waals surface area contributed by atoms with Crippen LogP contribution in [0.15, 0.2) is 0 Å². The lowest BCUT2D eigenvalue weighted by molar-refractivity contribution is 0.0954. The number of hydrogen-bond acceptors (Lipinski definition) is 3. The van der Waals surface area contributed by atoms with Gasteiger partial charge in [-0.05, 0) is 19.8 Å². The van der Waals surface area contributed by atoms with Gasteiger partial charge in [0.15, 0.2) is 5.69 Å².